The van der Waals surface area contributed by atoms with Gasteiger partial charge in [-0.15, -0.1) is 0 Å². The van der Waals surface area contributed by atoms with Crippen LogP contribution < -0.4 is 0 Å². The molecule has 1 aromatic carbocycles. The molecule has 19 heavy (non-hydrogen) atoms. The maximum absolute atomic E-state index is 8.66. The Bertz CT molecular complexity index is 776. The monoisotopic (exact) mass is 247 g/mol. The minimum atomic E-state index is 0.347. The Balaban J connectivity index is 2.32. The number of rotatable bonds is 2. The number of azide groups is 1. The first-order valence-corrected chi connectivity index (χ1v) is 5.75. The number of pyridine rings is 2. The van der Waals surface area contributed by atoms with Crippen LogP contribution in [0.3, 0.4) is 0 Å². The van der Waals surface area contributed by atoms with Crippen LogP contribution in [0.25, 0.3) is 32.6 Å². The van der Waals surface area contributed by atoms with Gasteiger partial charge in [-0.05, 0) is 34.4 Å². The number of hydrogen-bond donors (Lipinski definition) is 0. The number of hydrogen-bond acceptors (Lipinski definition) is 3. The zero-order chi connectivity index (χ0) is 13.1. The van der Waals surface area contributed by atoms with E-state index in [-0.39, 0.29) is 0 Å². The lowest BCUT2D eigenvalue weighted by Gasteiger charge is -2.06. The Morgan fingerprint density at radius 2 is 1.89 bits per heavy atom. The first-order chi connectivity index (χ1) is 9.38. The lowest BCUT2D eigenvalue weighted by molar-refractivity contribution is 1.25. The molecule has 0 bridgehead atoms. The van der Waals surface area contributed by atoms with Gasteiger partial charge in [0.15, 0.2) is 5.65 Å². The highest BCUT2D eigenvalue weighted by Gasteiger charge is 2.07. The van der Waals surface area contributed by atoms with Crippen molar-refractivity contribution in [3.63, 3.8) is 0 Å². The van der Waals surface area contributed by atoms with E-state index in [2.05, 4.69) is 20.0 Å². The fourth-order valence-corrected chi connectivity index (χ4v) is 1.94. The van der Waals surface area contributed by atoms with E-state index < -0.39 is 0 Å². The largest absolute Gasteiger partial charge is 0.237 e. The van der Waals surface area contributed by atoms with Gasteiger partial charge in [0, 0.05) is 22.1 Å². The van der Waals surface area contributed by atoms with Gasteiger partial charge in [0.1, 0.15) is 5.82 Å². The minimum Gasteiger partial charge on any atom is -0.237 e. The van der Waals surface area contributed by atoms with Crippen LogP contribution in [0.1, 0.15) is 0 Å². The molecule has 0 N–H and O–H groups in total. The van der Waals surface area contributed by atoms with E-state index in [4.69, 9.17) is 5.53 Å². The van der Waals surface area contributed by atoms with Crippen molar-refractivity contribution in [1.82, 2.24) is 9.97 Å². The van der Waals surface area contributed by atoms with Gasteiger partial charge in [-0.25, -0.2) is 9.97 Å². The molecule has 0 saturated heterocycles. The van der Waals surface area contributed by atoms with Crippen LogP contribution in [-0.2, 0) is 0 Å². The molecule has 3 aromatic rings. The van der Waals surface area contributed by atoms with Crippen LogP contribution in [-0.4, -0.2) is 9.97 Å². The predicted octanol–water partition coefficient (Wildman–Crippen LogP) is 4.24. The summed E-state index contributed by atoms with van der Waals surface area (Å²) in [6.07, 6.45) is 1.66. The molecule has 0 radical (unpaired) electrons. The zero-order valence-electron chi connectivity index (χ0n) is 9.93. The van der Waals surface area contributed by atoms with Crippen molar-refractivity contribution in [2.45, 2.75) is 0 Å². The van der Waals surface area contributed by atoms with Crippen molar-refractivity contribution in [1.29, 1.82) is 0 Å². The third-order valence-electron chi connectivity index (χ3n) is 2.79. The van der Waals surface area contributed by atoms with Crippen LogP contribution in [0.5, 0.6) is 0 Å². The fourth-order valence-electron chi connectivity index (χ4n) is 1.94. The van der Waals surface area contributed by atoms with Crippen molar-refractivity contribution < 1.29 is 0 Å². The summed E-state index contributed by atoms with van der Waals surface area (Å²) < 4.78 is 0. The number of fused-ring (bicyclic) bond motifs is 1. The topological polar surface area (TPSA) is 74.5 Å². The summed E-state index contributed by atoms with van der Waals surface area (Å²) >= 11 is 0. The van der Waals surface area contributed by atoms with Crippen LogP contribution in [0.4, 0.5) is 5.82 Å². The van der Waals surface area contributed by atoms with E-state index in [1.54, 1.807) is 6.20 Å². The van der Waals surface area contributed by atoms with Gasteiger partial charge in [0.05, 0.1) is 0 Å². The molecule has 90 valence electrons. The maximum Gasteiger partial charge on any atom is 0.159 e. The lowest BCUT2D eigenvalue weighted by atomic mass is 10.1. The highest BCUT2D eigenvalue weighted by Crippen LogP contribution is 2.31. The predicted molar refractivity (Wildman–Crippen MR) is 73.8 cm³/mol. The second-order valence-corrected chi connectivity index (χ2v) is 3.97. The zero-order valence-corrected chi connectivity index (χ0v) is 9.93. The molecule has 3 rings (SSSR count). The molecule has 2 heterocycles. The van der Waals surface area contributed by atoms with E-state index in [0.29, 0.717) is 11.5 Å². The first-order valence-electron chi connectivity index (χ1n) is 5.75. The van der Waals surface area contributed by atoms with Crippen LogP contribution in [0.2, 0.25) is 0 Å². The molecule has 0 atom stereocenters. The SMILES string of the molecule is [N-]=[N+]=Nc1nc2ncccc2cc1-c1ccccc1. The van der Waals surface area contributed by atoms with E-state index in [1.165, 1.54) is 0 Å². The van der Waals surface area contributed by atoms with E-state index in [1.807, 2.05) is 48.5 Å². The average molecular weight is 247 g/mol. The summed E-state index contributed by atoms with van der Waals surface area (Å²) in [7, 11) is 0. The third kappa shape index (κ3) is 2.10. The highest BCUT2D eigenvalue weighted by molar-refractivity contribution is 5.86. The van der Waals surface area contributed by atoms with Gasteiger partial charge in [0.25, 0.3) is 0 Å². The summed E-state index contributed by atoms with van der Waals surface area (Å²) in [5, 5.41) is 4.58. The molecule has 0 aliphatic rings. The van der Waals surface area contributed by atoms with Crippen molar-refractivity contribution in [2.75, 3.05) is 0 Å². The van der Waals surface area contributed by atoms with Gasteiger partial charge in [-0.2, -0.15) is 0 Å². The van der Waals surface area contributed by atoms with Crippen LogP contribution >= 0.6 is 0 Å². The molecule has 5 nitrogen and oxygen atoms in total. The molecule has 0 saturated carbocycles. The third-order valence-corrected chi connectivity index (χ3v) is 2.79. The number of benzene rings is 1. The van der Waals surface area contributed by atoms with E-state index in [9.17, 15) is 0 Å². The molecule has 5 heteroatoms. The summed E-state index contributed by atoms with van der Waals surface area (Å²) in [4.78, 5) is 11.3. The van der Waals surface area contributed by atoms with Crippen LogP contribution in [0, 0.1) is 0 Å². The Hall–Kier alpha value is -2.91. The van der Waals surface area contributed by atoms with E-state index in [0.717, 1.165) is 16.5 Å². The lowest BCUT2D eigenvalue weighted by Crippen LogP contribution is -1.87. The fraction of sp³-hybridized carbons (Fsp3) is 0. The second kappa shape index (κ2) is 4.76. The van der Waals surface area contributed by atoms with Crippen LogP contribution in [0.15, 0.2) is 59.8 Å². The molecule has 0 spiro atoms. The van der Waals surface area contributed by atoms with Gasteiger partial charge < -0.3 is 0 Å². The smallest absolute Gasteiger partial charge is 0.159 e. The Labute approximate surface area is 109 Å². The highest BCUT2D eigenvalue weighted by atomic mass is 15.2. The van der Waals surface area contributed by atoms with Crippen molar-refractivity contribution in [2.24, 2.45) is 5.11 Å². The summed E-state index contributed by atoms with van der Waals surface area (Å²) in [6.45, 7) is 0. The molecule has 0 amide bonds. The molecule has 0 aliphatic carbocycles. The van der Waals surface area contributed by atoms with Crippen molar-refractivity contribution in [3.05, 3.63) is 65.2 Å². The molecular weight excluding hydrogens is 238 g/mol. The standard InChI is InChI=1S/C14H9N5/c15-19-18-14-12(10-5-2-1-3-6-10)9-11-7-4-8-16-13(11)17-14/h1-9H. The molecule has 0 fully saturated rings. The molecular formula is C14H9N5. The Morgan fingerprint density at radius 3 is 2.68 bits per heavy atom. The quantitative estimate of drug-likeness (QED) is 0.386. The number of aromatic nitrogens is 2. The van der Waals surface area contributed by atoms with Crippen molar-refractivity contribution in [3.8, 4) is 11.1 Å². The van der Waals surface area contributed by atoms with E-state index >= 15 is 0 Å². The molecule has 0 unspecified atom stereocenters. The summed E-state index contributed by atoms with van der Waals surface area (Å²) in [5.41, 5.74) is 11.0. The van der Waals surface area contributed by atoms with Gasteiger partial charge >= 0.3 is 0 Å². The average Bonchev–Trinajstić information content (AvgIpc) is 2.48. The van der Waals surface area contributed by atoms with Crippen molar-refractivity contribution >= 4 is 16.9 Å². The second-order valence-electron chi connectivity index (χ2n) is 3.97. The normalized spacial score (nSPS) is 10.1. The molecule has 2 aromatic heterocycles. The van der Waals surface area contributed by atoms with Gasteiger partial charge in [0.2, 0.25) is 0 Å². The van der Waals surface area contributed by atoms with Gasteiger partial charge in [-0.1, -0.05) is 30.3 Å². The Morgan fingerprint density at radius 1 is 1.05 bits per heavy atom. The summed E-state index contributed by atoms with van der Waals surface area (Å²) in [6, 6.07) is 15.4. The number of nitrogens with zero attached hydrogens (tertiary/aromatic N) is 5. The summed E-state index contributed by atoms with van der Waals surface area (Å²) in [5.74, 6) is 0.347. The van der Waals surface area contributed by atoms with Gasteiger partial charge in [-0.3, -0.25) is 0 Å². The first kappa shape index (κ1) is 11.2. The molecule has 0 aliphatic heterocycles. The Kier molecular flexibility index (Phi) is 2.80. The minimum absolute atomic E-state index is 0.347. The maximum atomic E-state index is 8.66.